The smallest absolute Gasteiger partial charge is 0.227 e. The molecule has 3 nitrogen and oxygen atoms in total. The molecule has 0 bridgehead atoms. The first-order valence-corrected chi connectivity index (χ1v) is 6.84. The number of rotatable bonds is 4. The van der Waals surface area contributed by atoms with Crippen molar-refractivity contribution in [3.63, 3.8) is 0 Å². The van der Waals surface area contributed by atoms with E-state index in [2.05, 4.69) is 0 Å². The van der Waals surface area contributed by atoms with Gasteiger partial charge in [0.1, 0.15) is 5.75 Å². The van der Waals surface area contributed by atoms with E-state index in [-0.39, 0.29) is 18.1 Å². The lowest BCUT2D eigenvalue weighted by Gasteiger charge is -2.16. The molecule has 18 heavy (non-hydrogen) atoms. The number of phenolic OH excluding ortho intramolecular Hbond substituents is 1. The summed E-state index contributed by atoms with van der Waals surface area (Å²) in [6.07, 6.45) is 2.29. The topological polar surface area (TPSA) is 40.5 Å². The van der Waals surface area contributed by atoms with E-state index in [0.717, 1.165) is 25.9 Å². The van der Waals surface area contributed by atoms with E-state index < -0.39 is 0 Å². The van der Waals surface area contributed by atoms with Gasteiger partial charge in [-0.15, -0.1) is 11.6 Å². The molecular formula is C14H18ClNO2. The quantitative estimate of drug-likeness (QED) is 0.851. The van der Waals surface area contributed by atoms with Crippen LogP contribution in [0, 0.1) is 5.92 Å². The van der Waals surface area contributed by atoms with E-state index in [1.165, 1.54) is 0 Å². The Morgan fingerprint density at radius 2 is 2.22 bits per heavy atom. The maximum Gasteiger partial charge on any atom is 0.227 e. The molecule has 0 aromatic heterocycles. The Kier molecular flexibility index (Phi) is 4.48. The molecule has 0 radical (unpaired) electrons. The van der Waals surface area contributed by atoms with Gasteiger partial charge in [-0.2, -0.15) is 0 Å². The van der Waals surface area contributed by atoms with Gasteiger partial charge in [-0.3, -0.25) is 4.79 Å². The summed E-state index contributed by atoms with van der Waals surface area (Å²) in [7, 11) is 0. The van der Waals surface area contributed by atoms with E-state index in [9.17, 15) is 9.90 Å². The van der Waals surface area contributed by atoms with Crippen molar-refractivity contribution in [3.8, 4) is 5.75 Å². The first kappa shape index (κ1) is 13.2. The Morgan fingerprint density at radius 1 is 1.44 bits per heavy atom. The van der Waals surface area contributed by atoms with Gasteiger partial charge < -0.3 is 10.0 Å². The first-order valence-electron chi connectivity index (χ1n) is 6.31. The molecule has 2 rings (SSSR count). The minimum atomic E-state index is 0.0913. The molecule has 0 saturated carbocycles. The number of carbonyl (C=O) groups is 1. The van der Waals surface area contributed by atoms with Gasteiger partial charge in [-0.1, -0.05) is 18.2 Å². The number of phenols is 1. The van der Waals surface area contributed by atoms with Crippen LogP contribution in [0.3, 0.4) is 0 Å². The van der Waals surface area contributed by atoms with Gasteiger partial charge in [0.2, 0.25) is 5.91 Å². The summed E-state index contributed by atoms with van der Waals surface area (Å²) >= 11 is 5.72. The van der Waals surface area contributed by atoms with Crippen LogP contribution in [-0.2, 0) is 11.2 Å². The van der Waals surface area contributed by atoms with Gasteiger partial charge in [-0.25, -0.2) is 0 Å². The van der Waals surface area contributed by atoms with Crippen LogP contribution in [0.1, 0.15) is 18.4 Å². The fraction of sp³-hybridized carbons (Fsp3) is 0.500. The predicted molar refractivity (Wildman–Crippen MR) is 71.8 cm³/mol. The molecule has 1 amide bonds. The van der Waals surface area contributed by atoms with Crippen LogP contribution in [0.15, 0.2) is 24.3 Å². The van der Waals surface area contributed by atoms with Gasteiger partial charge in [0, 0.05) is 24.5 Å². The number of para-hydroxylation sites is 1. The maximum absolute atomic E-state index is 12.1. The molecule has 1 heterocycles. The number of hydrogen-bond donors (Lipinski definition) is 1. The van der Waals surface area contributed by atoms with Crippen LogP contribution in [0.4, 0.5) is 0 Å². The average Bonchev–Trinajstić information content (AvgIpc) is 2.81. The molecule has 1 aromatic rings. The third kappa shape index (κ3) is 3.16. The molecule has 1 N–H and O–H groups in total. The highest BCUT2D eigenvalue weighted by atomic mass is 35.5. The van der Waals surface area contributed by atoms with Crippen molar-refractivity contribution in [1.29, 1.82) is 0 Å². The summed E-state index contributed by atoms with van der Waals surface area (Å²) < 4.78 is 0. The zero-order chi connectivity index (χ0) is 13.0. The van der Waals surface area contributed by atoms with Gasteiger partial charge in [0.25, 0.3) is 0 Å². The Morgan fingerprint density at radius 3 is 2.94 bits per heavy atom. The Hall–Kier alpha value is -1.22. The first-order chi connectivity index (χ1) is 8.70. The van der Waals surface area contributed by atoms with Crippen molar-refractivity contribution in [1.82, 2.24) is 4.90 Å². The Bertz CT molecular complexity index is 422. The second-order valence-electron chi connectivity index (χ2n) is 4.78. The second kappa shape index (κ2) is 6.10. The predicted octanol–water partition coefficient (Wildman–Crippen LogP) is 2.41. The Balaban J connectivity index is 1.91. The fourth-order valence-corrected chi connectivity index (χ4v) is 2.69. The normalized spacial score (nSPS) is 19.2. The molecule has 1 aliphatic rings. The van der Waals surface area contributed by atoms with Crippen LogP contribution < -0.4 is 0 Å². The lowest BCUT2D eigenvalue weighted by Crippen LogP contribution is -2.30. The number of amides is 1. The molecule has 0 spiro atoms. The Labute approximate surface area is 112 Å². The van der Waals surface area contributed by atoms with Crippen molar-refractivity contribution in [2.24, 2.45) is 5.92 Å². The van der Waals surface area contributed by atoms with Crippen molar-refractivity contribution in [2.45, 2.75) is 19.3 Å². The third-order valence-electron chi connectivity index (χ3n) is 3.49. The third-order valence-corrected chi connectivity index (χ3v) is 3.71. The molecule has 1 fully saturated rings. The van der Waals surface area contributed by atoms with Crippen molar-refractivity contribution in [3.05, 3.63) is 29.8 Å². The van der Waals surface area contributed by atoms with Gasteiger partial charge in [0.15, 0.2) is 0 Å². The minimum absolute atomic E-state index is 0.0913. The number of likely N-dealkylation sites (tertiary alicyclic amines) is 1. The van der Waals surface area contributed by atoms with Crippen LogP contribution >= 0.6 is 11.6 Å². The van der Waals surface area contributed by atoms with E-state index in [1.807, 2.05) is 11.0 Å². The number of aromatic hydroxyl groups is 1. The lowest BCUT2D eigenvalue weighted by molar-refractivity contribution is -0.129. The summed E-state index contributed by atoms with van der Waals surface area (Å²) in [6.45, 7) is 1.62. The fourth-order valence-electron chi connectivity index (χ4n) is 2.38. The molecule has 98 valence electrons. The van der Waals surface area contributed by atoms with E-state index in [0.29, 0.717) is 17.4 Å². The summed E-state index contributed by atoms with van der Waals surface area (Å²) in [5.74, 6) is 1.48. The maximum atomic E-state index is 12.1. The summed E-state index contributed by atoms with van der Waals surface area (Å²) in [5.41, 5.74) is 0.697. The molecule has 4 heteroatoms. The van der Waals surface area contributed by atoms with Gasteiger partial charge >= 0.3 is 0 Å². The zero-order valence-electron chi connectivity index (χ0n) is 10.3. The highest BCUT2D eigenvalue weighted by Gasteiger charge is 2.25. The number of carbonyl (C=O) groups excluding carboxylic acids is 1. The van der Waals surface area contributed by atoms with Crippen molar-refractivity contribution in [2.75, 3.05) is 19.0 Å². The number of nitrogens with zero attached hydrogens (tertiary/aromatic N) is 1. The molecule has 1 aromatic carbocycles. The largest absolute Gasteiger partial charge is 0.508 e. The van der Waals surface area contributed by atoms with Crippen LogP contribution in [0.5, 0.6) is 5.75 Å². The van der Waals surface area contributed by atoms with Crippen LogP contribution in [0.25, 0.3) is 0 Å². The van der Waals surface area contributed by atoms with Gasteiger partial charge in [-0.05, 0) is 24.8 Å². The van der Waals surface area contributed by atoms with E-state index in [4.69, 9.17) is 11.6 Å². The highest BCUT2D eigenvalue weighted by molar-refractivity contribution is 6.17. The van der Waals surface area contributed by atoms with Crippen molar-refractivity contribution >= 4 is 17.5 Å². The summed E-state index contributed by atoms with van der Waals surface area (Å²) in [4.78, 5) is 14.0. The minimum Gasteiger partial charge on any atom is -0.508 e. The average molecular weight is 268 g/mol. The number of alkyl halides is 1. The molecule has 1 saturated heterocycles. The van der Waals surface area contributed by atoms with Crippen LogP contribution in [-0.4, -0.2) is 34.9 Å². The SMILES string of the molecule is O=C(Cc1ccccc1O)N1CCC(CCCl)C1. The van der Waals surface area contributed by atoms with E-state index in [1.54, 1.807) is 18.2 Å². The molecule has 1 unspecified atom stereocenters. The molecule has 0 aliphatic carbocycles. The van der Waals surface area contributed by atoms with E-state index >= 15 is 0 Å². The summed E-state index contributed by atoms with van der Waals surface area (Å²) in [6, 6.07) is 7.00. The highest BCUT2D eigenvalue weighted by Crippen LogP contribution is 2.22. The zero-order valence-corrected chi connectivity index (χ0v) is 11.1. The van der Waals surface area contributed by atoms with Crippen molar-refractivity contribution < 1.29 is 9.90 Å². The molecule has 1 aliphatic heterocycles. The summed E-state index contributed by atoms with van der Waals surface area (Å²) in [5, 5.41) is 9.65. The second-order valence-corrected chi connectivity index (χ2v) is 5.16. The number of benzene rings is 1. The van der Waals surface area contributed by atoms with Gasteiger partial charge in [0.05, 0.1) is 6.42 Å². The number of halogens is 1. The lowest BCUT2D eigenvalue weighted by atomic mass is 10.1. The monoisotopic (exact) mass is 267 g/mol. The molecule has 1 atom stereocenters. The van der Waals surface area contributed by atoms with Crippen LogP contribution in [0.2, 0.25) is 0 Å². The molecular weight excluding hydrogens is 250 g/mol. The number of hydrogen-bond acceptors (Lipinski definition) is 2. The standard InChI is InChI=1S/C14H18ClNO2/c15-7-5-11-6-8-16(10-11)14(18)9-12-3-1-2-4-13(12)17/h1-4,11,17H,5-10H2.